The number of carbonyl (C=O) groups excluding carboxylic acids is 1. The Morgan fingerprint density at radius 1 is 1.44 bits per heavy atom. The summed E-state index contributed by atoms with van der Waals surface area (Å²) in [4.78, 5) is 29.8. The van der Waals surface area contributed by atoms with Crippen molar-refractivity contribution in [1.82, 2.24) is 9.66 Å². The van der Waals surface area contributed by atoms with Gasteiger partial charge in [0.2, 0.25) is 0 Å². The molecule has 0 N–H and O–H groups in total. The Morgan fingerprint density at radius 2 is 2.20 bits per heavy atom. The Hall–Kier alpha value is -2.51. The van der Waals surface area contributed by atoms with Gasteiger partial charge in [0, 0.05) is 10.6 Å². The number of fused-ring (bicyclic) bond motifs is 1. The maximum atomic E-state index is 12.7. The first kappa shape index (κ1) is 17.3. The Morgan fingerprint density at radius 3 is 2.92 bits per heavy atom. The number of benzene rings is 1. The number of esters is 1. The lowest BCUT2D eigenvalue weighted by Crippen LogP contribution is -2.17. The molecule has 0 atom stereocenters. The van der Waals surface area contributed by atoms with Crippen LogP contribution in [0.4, 0.5) is 0 Å². The van der Waals surface area contributed by atoms with E-state index in [1.165, 1.54) is 12.5 Å². The van der Waals surface area contributed by atoms with Gasteiger partial charge >= 0.3 is 5.97 Å². The predicted octanol–water partition coefficient (Wildman–Crippen LogP) is 3.48. The van der Waals surface area contributed by atoms with Crippen LogP contribution in [0.1, 0.15) is 27.7 Å². The lowest BCUT2D eigenvalue weighted by molar-refractivity contribution is 0.0531. The molecule has 0 radical (unpaired) electrons. The van der Waals surface area contributed by atoms with Gasteiger partial charge in [-0.3, -0.25) is 4.79 Å². The zero-order valence-electron chi connectivity index (χ0n) is 13.5. The largest absolute Gasteiger partial charge is 0.462 e. The molecule has 2 heterocycles. The van der Waals surface area contributed by atoms with Gasteiger partial charge in [-0.1, -0.05) is 29.8 Å². The van der Waals surface area contributed by atoms with E-state index in [2.05, 4.69) is 10.1 Å². The van der Waals surface area contributed by atoms with Gasteiger partial charge in [-0.05, 0) is 25.5 Å². The van der Waals surface area contributed by atoms with E-state index in [1.807, 2.05) is 12.1 Å². The fourth-order valence-electron chi connectivity index (χ4n) is 2.29. The zero-order valence-corrected chi connectivity index (χ0v) is 15.1. The maximum absolute atomic E-state index is 12.7. The molecule has 0 spiro atoms. The predicted molar refractivity (Wildman–Crippen MR) is 99.0 cm³/mol. The van der Waals surface area contributed by atoms with E-state index in [0.717, 1.165) is 16.0 Å². The molecular formula is C17H14ClN3O3S. The Kier molecular flexibility index (Phi) is 4.96. The fraction of sp³-hybridized carbons (Fsp3) is 0.176. The van der Waals surface area contributed by atoms with Crippen molar-refractivity contribution in [2.75, 3.05) is 6.61 Å². The quantitative estimate of drug-likeness (QED) is 0.517. The molecule has 0 unspecified atom stereocenters. The first-order valence-corrected chi connectivity index (χ1v) is 8.69. The minimum Gasteiger partial charge on any atom is -0.462 e. The van der Waals surface area contributed by atoms with E-state index in [9.17, 15) is 9.59 Å². The van der Waals surface area contributed by atoms with Crippen LogP contribution in [0.5, 0.6) is 0 Å². The molecule has 0 amide bonds. The summed E-state index contributed by atoms with van der Waals surface area (Å²) in [6, 6.07) is 7.16. The number of ether oxygens (including phenoxy) is 1. The second kappa shape index (κ2) is 7.16. The van der Waals surface area contributed by atoms with Gasteiger partial charge in [-0.15, -0.1) is 11.3 Å². The van der Waals surface area contributed by atoms with Gasteiger partial charge in [-0.2, -0.15) is 9.78 Å². The summed E-state index contributed by atoms with van der Waals surface area (Å²) in [6.07, 6.45) is 2.81. The molecule has 3 aromatic rings. The molecule has 25 heavy (non-hydrogen) atoms. The first-order valence-electron chi connectivity index (χ1n) is 7.49. The third kappa shape index (κ3) is 3.33. The maximum Gasteiger partial charge on any atom is 0.348 e. The van der Waals surface area contributed by atoms with E-state index in [-0.39, 0.29) is 12.2 Å². The van der Waals surface area contributed by atoms with E-state index < -0.39 is 5.97 Å². The standard InChI is InChI=1S/C17H14ClN3O3S/c1-3-24-17(23)14-10(2)13-15(25-14)19-9-21(16(13)22)20-8-11-6-4-5-7-12(11)18/h4-9H,3H2,1-2H3/b20-8+. The number of nitrogens with zero attached hydrogens (tertiary/aromatic N) is 3. The fourth-order valence-corrected chi connectivity index (χ4v) is 3.51. The van der Waals surface area contributed by atoms with E-state index in [1.54, 1.807) is 26.0 Å². The van der Waals surface area contributed by atoms with Gasteiger partial charge < -0.3 is 4.74 Å². The molecule has 1 aromatic carbocycles. The van der Waals surface area contributed by atoms with E-state index in [0.29, 0.717) is 31.2 Å². The lowest BCUT2D eigenvalue weighted by atomic mass is 10.2. The van der Waals surface area contributed by atoms with Crippen molar-refractivity contribution in [3.8, 4) is 0 Å². The van der Waals surface area contributed by atoms with Crippen LogP contribution >= 0.6 is 22.9 Å². The smallest absolute Gasteiger partial charge is 0.348 e. The van der Waals surface area contributed by atoms with Crippen molar-refractivity contribution < 1.29 is 9.53 Å². The van der Waals surface area contributed by atoms with Crippen LogP contribution in [0, 0.1) is 6.92 Å². The molecule has 0 saturated heterocycles. The highest BCUT2D eigenvalue weighted by Crippen LogP contribution is 2.27. The first-order chi connectivity index (χ1) is 12.0. The minimum atomic E-state index is -0.450. The van der Waals surface area contributed by atoms with Gasteiger partial charge in [-0.25, -0.2) is 9.78 Å². The summed E-state index contributed by atoms with van der Waals surface area (Å²) in [5, 5.41) is 5.04. The van der Waals surface area contributed by atoms with Crippen LogP contribution < -0.4 is 5.56 Å². The monoisotopic (exact) mass is 375 g/mol. The number of hydrogen-bond acceptors (Lipinski definition) is 6. The number of halogens is 1. The van der Waals surface area contributed by atoms with Crippen molar-refractivity contribution in [3.05, 3.63) is 62.0 Å². The van der Waals surface area contributed by atoms with Crippen molar-refractivity contribution in [2.24, 2.45) is 5.10 Å². The molecule has 0 bridgehead atoms. The van der Waals surface area contributed by atoms with Crippen LogP contribution in [0.3, 0.4) is 0 Å². The summed E-state index contributed by atoms with van der Waals surface area (Å²) in [5.41, 5.74) is 0.890. The SMILES string of the molecule is CCOC(=O)c1sc2ncn(/N=C/c3ccccc3Cl)c(=O)c2c1C. The number of thiophene rings is 1. The molecule has 0 fully saturated rings. The third-order valence-corrected chi connectivity index (χ3v) is 5.05. The van der Waals surface area contributed by atoms with Gasteiger partial charge in [0.1, 0.15) is 16.0 Å². The zero-order chi connectivity index (χ0) is 18.0. The van der Waals surface area contributed by atoms with Gasteiger partial charge in [0.15, 0.2) is 0 Å². The topological polar surface area (TPSA) is 73.5 Å². The van der Waals surface area contributed by atoms with Crippen LogP contribution in [0.25, 0.3) is 10.2 Å². The number of hydrogen-bond donors (Lipinski definition) is 0. The summed E-state index contributed by atoms with van der Waals surface area (Å²) in [5.74, 6) is -0.450. The molecule has 8 heteroatoms. The van der Waals surface area contributed by atoms with Gasteiger partial charge in [0.25, 0.3) is 5.56 Å². The average Bonchev–Trinajstić information content (AvgIpc) is 2.93. The molecule has 0 saturated carbocycles. The molecule has 6 nitrogen and oxygen atoms in total. The molecule has 0 aliphatic heterocycles. The Labute approximate surface area is 152 Å². The number of rotatable bonds is 4. The molecule has 128 valence electrons. The van der Waals surface area contributed by atoms with Crippen LogP contribution in [-0.2, 0) is 4.74 Å². The minimum absolute atomic E-state index is 0.270. The number of aryl methyl sites for hydroxylation is 1. The van der Waals surface area contributed by atoms with E-state index in [4.69, 9.17) is 16.3 Å². The summed E-state index contributed by atoms with van der Waals surface area (Å²) < 4.78 is 6.14. The number of carbonyl (C=O) groups is 1. The van der Waals surface area contributed by atoms with Crippen molar-refractivity contribution >= 4 is 45.3 Å². The highest BCUT2D eigenvalue weighted by atomic mass is 35.5. The van der Waals surface area contributed by atoms with Crippen LogP contribution in [-0.4, -0.2) is 28.5 Å². The number of aromatic nitrogens is 2. The lowest BCUT2D eigenvalue weighted by Gasteiger charge is -2.00. The van der Waals surface area contributed by atoms with Crippen molar-refractivity contribution in [3.63, 3.8) is 0 Å². The molecule has 3 rings (SSSR count). The second-order valence-corrected chi connectivity index (χ2v) is 6.52. The molecule has 2 aromatic heterocycles. The molecule has 0 aliphatic rings. The highest BCUT2D eigenvalue weighted by molar-refractivity contribution is 7.20. The third-order valence-electron chi connectivity index (χ3n) is 3.52. The molecular weight excluding hydrogens is 362 g/mol. The highest BCUT2D eigenvalue weighted by Gasteiger charge is 2.20. The molecule has 0 aliphatic carbocycles. The van der Waals surface area contributed by atoms with Crippen molar-refractivity contribution in [2.45, 2.75) is 13.8 Å². The average molecular weight is 376 g/mol. The van der Waals surface area contributed by atoms with E-state index >= 15 is 0 Å². The Bertz CT molecular complexity index is 1040. The van der Waals surface area contributed by atoms with Crippen molar-refractivity contribution in [1.29, 1.82) is 0 Å². The van der Waals surface area contributed by atoms with Crippen LogP contribution in [0.15, 0.2) is 40.5 Å². The van der Waals surface area contributed by atoms with Crippen LogP contribution in [0.2, 0.25) is 5.02 Å². The second-order valence-electron chi connectivity index (χ2n) is 5.12. The summed E-state index contributed by atoms with van der Waals surface area (Å²) >= 11 is 7.21. The summed E-state index contributed by atoms with van der Waals surface area (Å²) in [7, 11) is 0. The van der Waals surface area contributed by atoms with Gasteiger partial charge in [0.05, 0.1) is 18.2 Å². The normalized spacial score (nSPS) is 11.3. The summed E-state index contributed by atoms with van der Waals surface area (Å²) in [6.45, 7) is 3.71. The Balaban J connectivity index is 2.06.